The van der Waals surface area contributed by atoms with Crippen LogP contribution in [0.25, 0.3) is 0 Å². The summed E-state index contributed by atoms with van der Waals surface area (Å²) in [4.78, 5) is 3.95. The maximum Gasteiger partial charge on any atom is 0.196 e. The first-order chi connectivity index (χ1) is 3.80. The van der Waals surface area contributed by atoms with Crippen LogP contribution in [-0.4, -0.2) is 4.98 Å². The molecule has 0 saturated heterocycles. The van der Waals surface area contributed by atoms with Crippen LogP contribution in [0, 0.1) is 0 Å². The smallest absolute Gasteiger partial charge is 0.196 e. The summed E-state index contributed by atoms with van der Waals surface area (Å²) < 4.78 is 4.98. The monoisotopic (exact) mass is 127 g/mol. The first-order valence-corrected chi connectivity index (χ1v) is 2.70. The van der Waals surface area contributed by atoms with E-state index in [0.717, 1.165) is 5.89 Å². The highest BCUT2D eigenvalue weighted by atomic mass is 16.3. The zero-order valence-electron chi connectivity index (χ0n) is 5.09. The second-order valence-corrected chi connectivity index (χ2v) is 2.03. The van der Waals surface area contributed by atoms with Crippen LogP contribution in [0.15, 0.2) is 16.9 Å². The van der Waals surface area contributed by atoms with Crippen molar-refractivity contribution in [2.24, 2.45) is 0 Å². The number of rotatable bonds is 1. The van der Waals surface area contributed by atoms with Gasteiger partial charge in [-0.2, -0.15) is 0 Å². The van der Waals surface area contributed by atoms with E-state index in [2.05, 4.69) is 4.98 Å². The Morgan fingerprint density at radius 3 is 2.44 bits per heavy atom. The minimum absolute atomic E-state index is 0. The largest absolute Gasteiger partial charge is 0.449 e. The Morgan fingerprint density at radius 2 is 2.22 bits per heavy atom. The summed E-state index contributed by atoms with van der Waals surface area (Å²) in [7, 11) is 0. The fraction of sp³-hybridized carbons (Fsp3) is 0.571. The van der Waals surface area contributed by atoms with E-state index < -0.39 is 0 Å². The molecule has 1 heterocycles. The summed E-state index contributed by atoms with van der Waals surface area (Å²) in [6, 6.07) is 0. The minimum atomic E-state index is 0. The van der Waals surface area contributed by atoms with Gasteiger partial charge in [0.15, 0.2) is 5.89 Å². The maximum atomic E-state index is 4.98. The van der Waals surface area contributed by atoms with Gasteiger partial charge in [-0.25, -0.2) is 4.98 Å². The van der Waals surface area contributed by atoms with Gasteiger partial charge in [0.1, 0.15) is 6.26 Å². The molecule has 0 aromatic carbocycles. The van der Waals surface area contributed by atoms with Crippen molar-refractivity contribution in [3.8, 4) is 0 Å². The van der Waals surface area contributed by atoms with Gasteiger partial charge >= 0.3 is 0 Å². The van der Waals surface area contributed by atoms with E-state index in [1.807, 2.05) is 13.8 Å². The van der Waals surface area contributed by atoms with Crippen molar-refractivity contribution in [2.75, 3.05) is 0 Å². The van der Waals surface area contributed by atoms with Gasteiger partial charge in [-0.15, -0.1) is 0 Å². The highest BCUT2D eigenvalue weighted by Gasteiger charge is 2.00. The first-order valence-electron chi connectivity index (χ1n) is 2.70. The molecule has 0 atom stereocenters. The van der Waals surface area contributed by atoms with Gasteiger partial charge in [-0.05, 0) is 0 Å². The summed E-state index contributed by atoms with van der Waals surface area (Å²) in [5.41, 5.74) is 0. The lowest BCUT2D eigenvalue weighted by Crippen LogP contribution is -1.83. The fourth-order valence-electron chi connectivity index (χ4n) is 0.520. The maximum absolute atomic E-state index is 4.98. The molecule has 0 fully saturated rings. The molecule has 0 radical (unpaired) electrons. The quantitative estimate of drug-likeness (QED) is 0.579. The lowest BCUT2D eigenvalue weighted by Gasteiger charge is -1.92. The Balaban J connectivity index is 0.000000640. The third kappa shape index (κ3) is 1.88. The number of oxazole rings is 1. The van der Waals surface area contributed by atoms with Crippen molar-refractivity contribution in [3.05, 3.63) is 18.4 Å². The average molecular weight is 127 g/mol. The van der Waals surface area contributed by atoms with Crippen molar-refractivity contribution >= 4 is 0 Å². The van der Waals surface area contributed by atoms with E-state index in [-0.39, 0.29) is 7.43 Å². The van der Waals surface area contributed by atoms with Gasteiger partial charge in [0.25, 0.3) is 0 Å². The fourth-order valence-corrected chi connectivity index (χ4v) is 0.520. The summed E-state index contributed by atoms with van der Waals surface area (Å²) in [6.07, 6.45) is 3.25. The zero-order chi connectivity index (χ0) is 5.98. The Bertz CT molecular complexity index is 144. The lowest BCUT2D eigenvalue weighted by atomic mass is 10.2. The molecule has 0 amide bonds. The molecular formula is C7H13NO. The lowest BCUT2D eigenvalue weighted by molar-refractivity contribution is 0.471. The molecule has 2 heteroatoms. The van der Waals surface area contributed by atoms with E-state index in [9.17, 15) is 0 Å². The van der Waals surface area contributed by atoms with Gasteiger partial charge < -0.3 is 4.42 Å². The topological polar surface area (TPSA) is 26.0 Å². The first kappa shape index (κ1) is 8.21. The van der Waals surface area contributed by atoms with Crippen LogP contribution in [0.5, 0.6) is 0 Å². The van der Waals surface area contributed by atoms with E-state index in [1.54, 1.807) is 12.5 Å². The summed E-state index contributed by atoms with van der Waals surface area (Å²) in [5.74, 6) is 1.22. The molecule has 1 aromatic rings. The van der Waals surface area contributed by atoms with Crippen molar-refractivity contribution in [1.29, 1.82) is 0 Å². The molecule has 0 spiro atoms. The number of nitrogens with zero attached hydrogens (tertiary/aromatic N) is 1. The molecule has 1 aromatic heterocycles. The van der Waals surface area contributed by atoms with Crippen LogP contribution in [0.3, 0.4) is 0 Å². The van der Waals surface area contributed by atoms with Gasteiger partial charge in [-0.3, -0.25) is 0 Å². The molecule has 2 nitrogen and oxygen atoms in total. The summed E-state index contributed by atoms with van der Waals surface area (Å²) in [6.45, 7) is 4.09. The molecule has 9 heavy (non-hydrogen) atoms. The van der Waals surface area contributed by atoms with Crippen LogP contribution in [0.4, 0.5) is 0 Å². The Morgan fingerprint density at radius 1 is 1.56 bits per heavy atom. The highest BCUT2D eigenvalue weighted by molar-refractivity contribution is 4.85. The number of hydrogen-bond acceptors (Lipinski definition) is 2. The molecule has 0 unspecified atom stereocenters. The third-order valence-electron chi connectivity index (χ3n) is 0.945. The standard InChI is InChI=1S/C6H9NO.CH4/c1-5(2)6-7-3-4-8-6;/h3-5H,1-2H3;1H4. The number of hydrogen-bond donors (Lipinski definition) is 0. The van der Waals surface area contributed by atoms with E-state index in [4.69, 9.17) is 4.42 Å². The van der Waals surface area contributed by atoms with Crippen molar-refractivity contribution in [1.82, 2.24) is 4.98 Å². The average Bonchev–Trinajstić information content (AvgIpc) is 2.12. The molecule has 52 valence electrons. The molecule has 1 rings (SSSR count). The molecule has 0 aliphatic heterocycles. The van der Waals surface area contributed by atoms with Crippen molar-refractivity contribution in [3.63, 3.8) is 0 Å². The minimum Gasteiger partial charge on any atom is -0.449 e. The van der Waals surface area contributed by atoms with E-state index in [0.29, 0.717) is 5.92 Å². The van der Waals surface area contributed by atoms with Crippen LogP contribution >= 0.6 is 0 Å². The molecule has 0 N–H and O–H groups in total. The van der Waals surface area contributed by atoms with Gasteiger partial charge in [0.05, 0.1) is 6.20 Å². The van der Waals surface area contributed by atoms with E-state index >= 15 is 0 Å². The van der Waals surface area contributed by atoms with Crippen LogP contribution in [-0.2, 0) is 0 Å². The van der Waals surface area contributed by atoms with Crippen molar-refractivity contribution < 1.29 is 4.42 Å². The predicted octanol–water partition coefficient (Wildman–Crippen LogP) is 2.43. The summed E-state index contributed by atoms with van der Waals surface area (Å²) in [5, 5.41) is 0. The molecule has 0 bridgehead atoms. The Kier molecular flexibility index (Phi) is 2.99. The predicted molar refractivity (Wildman–Crippen MR) is 37.3 cm³/mol. The van der Waals surface area contributed by atoms with Crippen LogP contribution in [0.2, 0.25) is 0 Å². The third-order valence-corrected chi connectivity index (χ3v) is 0.945. The zero-order valence-corrected chi connectivity index (χ0v) is 5.09. The van der Waals surface area contributed by atoms with E-state index in [1.165, 1.54) is 0 Å². The summed E-state index contributed by atoms with van der Waals surface area (Å²) >= 11 is 0. The van der Waals surface area contributed by atoms with Crippen LogP contribution in [0.1, 0.15) is 33.1 Å². The van der Waals surface area contributed by atoms with Crippen molar-refractivity contribution in [2.45, 2.75) is 27.2 Å². The molecule has 0 saturated carbocycles. The van der Waals surface area contributed by atoms with Gasteiger partial charge in [0.2, 0.25) is 0 Å². The number of aromatic nitrogens is 1. The Labute approximate surface area is 55.9 Å². The van der Waals surface area contributed by atoms with Gasteiger partial charge in [-0.1, -0.05) is 21.3 Å². The molecule has 0 aliphatic carbocycles. The van der Waals surface area contributed by atoms with Gasteiger partial charge in [0, 0.05) is 5.92 Å². The van der Waals surface area contributed by atoms with Crippen LogP contribution < -0.4 is 0 Å². The molecular weight excluding hydrogens is 114 g/mol. The second-order valence-electron chi connectivity index (χ2n) is 2.03. The highest BCUT2D eigenvalue weighted by Crippen LogP contribution is 2.09. The second kappa shape index (κ2) is 3.28. The molecule has 0 aliphatic rings. The SMILES string of the molecule is C.CC(C)c1ncco1. The Hall–Kier alpha value is -0.790. The normalized spacial score (nSPS) is 9.22.